The second-order valence-corrected chi connectivity index (χ2v) is 3.97. The van der Waals surface area contributed by atoms with Crippen LogP contribution in [0.1, 0.15) is 45.4 Å². The summed E-state index contributed by atoms with van der Waals surface area (Å²) in [5.74, 6) is 3.25. The second kappa shape index (κ2) is 7.72. The van der Waals surface area contributed by atoms with Gasteiger partial charge >= 0.3 is 0 Å². The molecular weight excluding hydrogens is 194 g/mol. The Morgan fingerprint density at radius 1 is 1.36 bits per heavy atom. The zero-order valence-electron chi connectivity index (χ0n) is 8.85. The third-order valence-electron chi connectivity index (χ3n) is 2.68. The zero-order chi connectivity index (χ0) is 10.9. The minimum atomic E-state index is -0.189. The van der Waals surface area contributed by atoms with Crippen LogP contribution < -0.4 is 0 Å². The van der Waals surface area contributed by atoms with Crippen LogP contribution in [0.15, 0.2) is 0 Å². The van der Waals surface area contributed by atoms with E-state index in [4.69, 9.17) is 23.3 Å². The van der Waals surface area contributed by atoms with E-state index in [0.29, 0.717) is 5.88 Å². The largest absolute Gasteiger partial charge is 0.198 e. The van der Waals surface area contributed by atoms with Gasteiger partial charge in [0.15, 0.2) is 0 Å². The van der Waals surface area contributed by atoms with E-state index in [2.05, 4.69) is 18.9 Å². The van der Waals surface area contributed by atoms with E-state index in [1.807, 2.05) is 0 Å². The van der Waals surface area contributed by atoms with Crippen molar-refractivity contribution >= 4 is 11.6 Å². The highest BCUT2D eigenvalue weighted by Gasteiger charge is 2.26. The molecule has 0 spiro atoms. The van der Waals surface area contributed by atoms with Crippen molar-refractivity contribution < 1.29 is 0 Å². The first-order chi connectivity index (χ1) is 6.74. The van der Waals surface area contributed by atoms with Crippen molar-refractivity contribution in [3.63, 3.8) is 0 Å². The molecule has 0 aliphatic rings. The highest BCUT2D eigenvalue weighted by atomic mass is 35.5. The smallest absolute Gasteiger partial charge is 0.0689 e. The van der Waals surface area contributed by atoms with Gasteiger partial charge in [-0.15, -0.1) is 23.9 Å². The number of terminal acetylenes is 1. The molecule has 0 rings (SSSR count). The second-order valence-electron chi connectivity index (χ2n) is 3.60. The molecule has 0 aromatic carbocycles. The van der Waals surface area contributed by atoms with E-state index < -0.39 is 0 Å². The normalized spacial score (nSPS) is 14.0. The van der Waals surface area contributed by atoms with Crippen LogP contribution in [0.4, 0.5) is 0 Å². The van der Waals surface area contributed by atoms with Gasteiger partial charge in [-0.1, -0.05) is 6.92 Å². The van der Waals surface area contributed by atoms with Gasteiger partial charge in [-0.05, 0) is 32.1 Å². The molecule has 0 bridgehead atoms. The third-order valence-corrected chi connectivity index (χ3v) is 2.95. The molecule has 0 aliphatic heterocycles. The summed E-state index contributed by atoms with van der Waals surface area (Å²) in [7, 11) is 0. The fraction of sp³-hybridized carbons (Fsp3) is 0.750. The summed E-state index contributed by atoms with van der Waals surface area (Å²) in [4.78, 5) is 0. The Hall–Kier alpha value is -0.660. The molecule has 0 saturated heterocycles. The van der Waals surface area contributed by atoms with Gasteiger partial charge in [-0.2, -0.15) is 5.26 Å². The molecule has 0 aromatic rings. The van der Waals surface area contributed by atoms with Gasteiger partial charge in [-0.25, -0.2) is 0 Å². The predicted octanol–water partition coefficient (Wildman–Crippen LogP) is 3.73. The Labute approximate surface area is 92.4 Å². The van der Waals surface area contributed by atoms with Crippen LogP contribution in [-0.4, -0.2) is 5.88 Å². The lowest BCUT2D eigenvalue weighted by atomic mass is 9.78. The lowest BCUT2D eigenvalue weighted by molar-refractivity contribution is 0.313. The summed E-state index contributed by atoms with van der Waals surface area (Å²) in [6, 6.07) is 2.43. The molecule has 0 aromatic heterocycles. The SMILES string of the molecule is C#CCCCC(C#N)(CC)CCCCl. The molecule has 0 saturated carbocycles. The van der Waals surface area contributed by atoms with Crippen molar-refractivity contribution in [2.45, 2.75) is 45.4 Å². The Kier molecular flexibility index (Phi) is 7.35. The first-order valence-electron chi connectivity index (χ1n) is 5.15. The number of rotatable bonds is 7. The Balaban J connectivity index is 4.11. The number of unbranched alkanes of at least 4 members (excludes halogenated alkanes) is 1. The van der Waals surface area contributed by atoms with E-state index in [1.54, 1.807) is 0 Å². The first-order valence-corrected chi connectivity index (χ1v) is 5.69. The Morgan fingerprint density at radius 3 is 2.43 bits per heavy atom. The van der Waals surface area contributed by atoms with Crippen molar-refractivity contribution in [3.8, 4) is 18.4 Å². The summed E-state index contributed by atoms with van der Waals surface area (Å²) in [6.07, 6.45) is 10.5. The molecule has 1 atom stereocenters. The number of hydrogen-bond acceptors (Lipinski definition) is 1. The van der Waals surface area contributed by atoms with E-state index >= 15 is 0 Å². The monoisotopic (exact) mass is 211 g/mol. The Bertz CT molecular complexity index is 223. The van der Waals surface area contributed by atoms with Gasteiger partial charge in [0.05, 0.1) is 11.5 Å². The van der Waals surface area contributed by atoms with Crippen LogP contribution in [0.5, 0.6) is 0 Å². The zero-order valence-corrected chi connectivity index (χ0v) is 9.61. The summed E-state index contributed by atoms with van der Waals surface area (Å²) in [6.45, 7) is 2.06. The third kappa shape index (κ3) is 4.54. The predicted molar refractivity (Wildman–Crippen MR) is 61.0 cm³/mol. The molecule has 0 radical (unpaired) electrons. The lowest BCUT2D eigenvalue weighted by Gasteiger charge is -2.24. The molecule has 0 heterocycles. The standard InChI is InChI=1S/C12H18ClN/c1-3-5-6-8-12(4-2,11-14)9-7-10-13/h1H,4-10H2,2H3. The number of halogens is 1. The molecule has 0 amide bonds. The molecule has 78 valence electrons. The van der Waals surface area contributed by atoms with Gasteiger partial charge in [-0.3, -0.25) is 0 Å². The van der Waals surface area contributed by atoms with E-state index in [9.17, 15) is 0 Å². The summed E-state index contributed by atoms with van der Waals surface area (Å²) in [5.41, 5.74) is -0.189. The molecular formula is C12H18ClN. The van der Waals surface area contributed by atoms with Crippen molar-refractivity contribution in [2.75, 3.05) is 5.88 Å². The van der Waals surface area contributed by atoms with Crippen LogP contribution in [0.3, 0.4) is 0 Å². The van der Waals surface area contributed by atoms with Crippen molar-refractivity contribution in [1.82, 2.24) is 0 Å². The number of nitriles is 1. The van der Waals surface area contributed by atoms with Gasteiger partial charge in [0, 0.05) is 12.3 Å². The Morgan fingerprint density at radius 2 is 2.00 bits per heavy atom. The number of nitrogens with zero attached hydrogens (tertiary/aromatic N) is 1. The van der Waals surface area contributed by atoms with Gasteiger partial charge < -0.3 is 0 Å². The maximum absolute atomic E-state index is 9.16. The van der Waals surface area contributed by atoms with Gasteiger partial charge in [0.2, 0.25) is 0 Å². The molecule has 0 fully saturated rings. The summed E-state index contributed by atoms with van der Waals surface area (Å²) < 4.78 is 0. The van der Waals surface area contributed by atoms with E-state index in [0.717, 1.165) is 38.5 Å². The fourth-order valence-corrected chi connectivity index (χ4v) is 1.74. The lowest BCUT2D eigenvalue weighted by Crippen LogP contribution is -2.17. The van der Waals surface area contributed by atoms with Gasteiger partial charge in [0.25, 0.3) is 0 Å². The highest BCUT2D eigenvalue weighted by Crippen LogP contribution is 2.33. The van der Waals surface area contributed by atoms with Crippen molar-refractivity contribution in [2.24, 2.45) is 5.41 Å². The van der Waals surface area contributed by atoms with Crippen LogP contribution in [0.2, 0.25) is 0 Å². The van der Waals surface area contributed by atoms with Gasteiger partial charge in [0.1, 0.15) is 0 Å². The molecule has 0 aliphatic carbocycles. The summed E-state index contributed by atoms with van der Waals surface area (Å²) >= 11 is 5.64. The molecule has 0 N–H and O–H groups in total. The minimum Gasteiger partial charge on any atom is -0.198 e. The maximum atomic E-state index is 9.16. The molecule has 14 heavy (non-hydrogen) atoms. The van der Waals surface area contributed by atoms with E-state index in [1.165, 1.54) is 0 Å². The number of hydrogen-bond donors (Lipinski definition) is 0. The summed E-state index contributed by atoms with van der Waals surface area (Å²) in [5, 5.41) is 9.16. The quantitative estimate of drug-likeness (QED) is 0.358. The fourth-order valence-electron chi connectivity index (χ4n) is 1.60. The maximum Gasteiger partial charge on any atom is 0.0689 e. The van der Waals surface area contributed by atoms with Crippen LogP contribution in [-0.2, 0) is 0 Å². The topological polar surface area (TPSA) is 23.8 Å². The molecule has 1 nitrogen and oxygen atoms in total. The highest BCUT2D eigenvalue weighted by molar-refractivity contribution is 6.17. The minimum absolute atomic E-state index is 0.189. The van der Waals surface area contributed by atoms with Crippen molar-refractivity contribution in [3.05, 3.63) is 0 Å². The number of alkyl halides is 1. The molecule has 1 unspecified atom stereocenters. The van der Waals surface area contributed by atoms with Crippen molar-refractivity contribution in [1.29, 1.82) is 5.26 Å². The first kappa shape index (κ1) is 13.3. The van der Waals surface area contributed by atoms with Crippen LogP contribution in [0.25, 0.3) is 0 Å². The van der Waals surface area contributed by atoms with E-state index in [-0.39, 0.29) is 5.41 Å². The molecule has 2 heteroatoms. The van der Waals surface area contributed by atoms with Crippen LogP contribution in [0, 0.1) is 29.1 Å². The van der Waals surface area contributed by atoms with Crippen LogP contribution >= 0.6 is 11.6 Å². The average Bonchev–Trinajstić information content (AvgIpc) is 2.24. The average molecular weight is 212 g/mol.